The van der Waals surface area contributed by atoms with Crippen molar-refractivity contribution in [3.63, 3.8) is 0 Å². The molecule has 1 aliphatic heterocycles. The van der Waals surface area contributed by atoms with Gasteiger partial charge in [0.15, 0.2) is 0 Å². The first-order valence-electron chi connectivity index (χ1n) is 8.43. The molecule has 0 spiro atoms. The van der Waals surface area contributed by atoms with Crippen LogP contribution in [0.4, 0.5) is 10.5 Å². The van der Waals surface area contributed by atoms with E-state index >= 15 is 0 Å². The molecule has 30 heavy (non-hydrogen) atoms. The minimum absolute atomic E-state index is 0.152. The van der Waals surface area contributed by atoms with Gasteiger partial charge in [-0.2, -0.15) is 0 Å². The molecule has 4 atom stereocenters. The highest BCUT2D eigenvalue weighted by atomic mass is 16.4. The fraction of sp³-hybridized carbons (Fsp3) is 0.333. The third-order valence-electron chi connectivity index (χ3n) is 3.83. The molecule has 4 amide bonds. The molecule has 15 heteroatoms. The maximum Gasteiger partial charge on any atom is 0.326 e. The van der Waals surface area contributed by atoms with Crippen LogP contribution in [0, 0.1) is 0 Å². The van der Waals surface area contributed by atoms with Crippen molar-refractivity contribution in [3.05, 3.63) is 24.0 Å². The van der Waals surface area contributed by atoms with Crippen molar-refractivity contribution in [1.82, 2.24) is 26.3 Å². The summed E-state index contributed by atoms with van der Waals surface area (Å²) in [4.78, 5) is 61.4. The van der Waals surface area contributed by atoms with Crippen LogP contribution in [0.3, 0.4) is 0 Å². The first kappa shape index (κ1) is 22.5. The molecule has 0 radical (unpaired) electrons. The van der Waals surface area contributed by atoms with Crippen LogP contribution in [-0.2, 0) is 14.4 Å². The number of carbonyl (C=O) groups is 5. The second-order valence-corrected chi connectivity index (χ2v) is 6.15. The van der Waals surface area contributed by atoms with Crippen molar-refractivity contribution in [2.45, 2.75) is 31.0 Å². The van der Waals surface area contributed by atoms with Crippen LogP contribution in [0.5, 0.6) is 0 Å². The van der Waals surface area contributed by atoms with Crippen LogP contribution in [0.1, 0.15) is 16.9 Å². The predicted molar refractivity (Wildman–Crippen MR) is 98.6 cm³/mol. The summed E-state index contributed by atoms with van der Waals surface area (Å²) in [6.45, 7) is 0. The number of carboxylic acid groups (broad SMARTS) is 2. The van der Waals surface area contributed by atoms with Crippen molar-refractivity contribution in [1.29, 1.82) is 0 Å². The smallest absolute Gasteiger partial charge is 0.326 e. The number of hydrogen-bond donors (Lipinski definition) is 9. The minimum atomic E-state index is -1.63. The predicted octanol–water partition coefficient (Wildman–Crippen LogP) is -3.52. The number of carboxylic acids is 2. The Morgan fingerprint density at radius 2 is 1.90 bits per heavy atom. The molecular weight excluding hydrogens is 404 g/mol. The molecule has 1 aliphatic rings. The maximum atomic E-state index is 12.1. The lowest BCUT2D eigenvalue weighted by molar-refractivity contribution is -0.145. The molecule has 2 rings (SSSR count). The van der Waals surface area contributed by atoms with E-state index in [4.69, 9.17) is 21.7 Å². The standard InChI is InChI=1S/C15H20N8O7/c16-10-9(12(27)23-14(17)22-10)21-15(30)19-5-1-2-6(18-4-5)11(26)20-7(13(28)29)3-8(24)25/h1-2,4,7,9-10,14,22H,3,16-17H2,(H,20,26)(H,23,27)(H,24,25)(H,28,29)(H2,19,21,30)/t7-,9?,10?,14?/m0/s1. The molecule has 11 N–H and O–H groups in total. The van der Waals surface area contributed by atoms with Crippen LogP contribution < -0.4 is 38.1 Å². The molecule has 1 aromatic rings. The highest BCUT2D eigenvalue weighted by Crippen LogP contribution is 2.07. The molecule has 162 valence electrons. The van der Waals surface area contributed by atoms with Crippen LogP contribution in [0.15, 0.2) is 18.3 Å². The van der Waals surface area contributed by atoms with Crippen molar-refractivity contribution in [2.24, 2.45) is 11.5 Å². The summed E-state index contributed by atoms with van der Waals surface area (Å²) in [5, 5.41) is 29.4. The molecule has 0 bridgehead atoms. The molecular formula is C15H20N8O7. The van der Waals surface area contributed by atoms with Crippen LogP contribution >= 0.6 is 0 Å². The van der Waals surface area contributed by atoms with Gasteiger partial charge in [-0.1, -0.05) is 0 Å². The van der Waals surface area contributed by atoms with E-state index in [1.165, 1.54) is 12.1 Å². The Morgan fingerprint density at radius 1 is 1.20 bits per heavy atom. The van der Waals surface area contributed by atoms with E-state index < -0.39 is 60.7 Å². The number of rotatable bonds is 7. The molecule has 2 heterocycles. The summed E-state index contributed by atoms with van der Waals surface area (Å²) in [5.41, 5.74) is 11.2. The summed E-state index contributed by atoms with van der Waals surface area (Å²) < 4.78 is 0. The van der Waals surface area contributed by atoms with Gasteiger partial charge in [-0.05, 0) is 12.1 Å². The van der Waals surface area contributed by atoms with E-state index in [9.17, 15) is 24.0 Å². The molecule has 15 nitrogen and oxygen atoms in total. The number of urea groups is 1. The number of nitrogens with two attached hydrogens (primary N) is 2. The van der Waals surface area contributed by atoms with E-state index in [1.807, 2.05) is 5.32 Å². The van der Waals surface area contributed by atoms with Crippen LogP contribution in [0.25, 0.3) is 0 Å². The number of nitrogens with one attached hydrogen (secondary N) is 5. The number of pyridine rings is 1. The molecule has 0 aromatic carbocycles. The highest BCUT2D eigenvalue weighted by Gasteiger charge is 2.33. The van der Waals surface area contributed by atoms with E-state index in [1.54, 1.807) is 0 Å². The Balaban J connectivity index is 1.94. The van der Waals surface area contributed by atoms with Gasteiger partial charge >= 0.3 is 18.0 Å². The van der Waals surface area contributed by atoms with Crippen LogP contribution in [-0.4, -0.2) is 69.5 Å². The molecule has 1 saturated heterocycles. The lowest BCUT2D eigenvalue weighted by Crippen LogP contribution is -2.73. The SMILES string of the molecule is NC1NC(=O)C(NC(=O)Nc2ccc(C(=O)N[C@@H](CC(=O)O)C(=O)O)nc2)C(N)N1. The summed E-state index contributed by atoms with van der Waals surface area (Å²) in [6, 6.07) is -1.03. The average molecular weight is 424 g/mol. The van der Waals surface area contributed by atoms with Crippen LogP contribution in [0.2, 0.25) is 0 Å². The van der Waals surface area contributed by atoms with Crippen molar-refractivity contribution >= 4 is 35.5 Å². The Hall–Kier alpha value is -3.82. The van der Waals surface area contributed by atoms with Gasteiger partial charge in [0.2, 0.25) is 5.91 Å². The molecule has 3 unspecified atom stereocenters. The second kappa shape index (κ2) is 9.59. The monoisotopic (exact) mass is 424 g/mol. The molecule has 0 saturated carbocycles. The van der Waals surface area contributed by atoms with Gasteiger partial charge in [0.25, 0.3) is 5.91 Å². The normalized spacial score (nSPS) is 21.7. The maximum absolute atomic E-state index is 12.1. The fourth-order valence-electron chi connectivity index (χ4n) is 2.42. The third kappa shape index (κ3) is 6.09. The topological polar surface area (TPSA) is 251 Å². The summed E-state index contributed by atoms with van der Waals surface area (Å²) >= 11 is 0. The zero-order valence-electron chi connectivity index (χ0n) is 15.3. The van der Waals surface area contributed by atoms with Gasteiger partial charge in [-0.3, -0.25) is 25.4 Å². The van der Waals surface area contributed by atoms with Gasteiger partial charge < -0.3 is 37.2 Å². The zero-order chi connectivity index (χ0) is 22.4. The number of carbonyl (C=O) groups excluding carboxylic acids is 3. The Morgan fingerprint density at radius 3 is 2.43 bits per heavy atom. The number of aliphatic carboxylic acids is 2. The Bertz CT molecular complexity index is 846. The number of aromatic nitrogens is 1. The number of nitrogens with zero attached hydrogens (tertiary/aromatic N) is 1. The molecule has 0 aliphatic carbocycles. The Kier molecular flexibility index (Phi) is 7.18. The largest absolute Gasteiger partial charge is 0.481 e. The fourth-order valence-corrected chi connectivity index (χ4v) is 2.42. The zero-order valence-corrected chi connectivity index (χ0v) is 15.3. The summed E-state index contributed by atoms with van der Waals surface area (Å²) in [6.07, 6.45) is -1.46. The van der Waals surface area contributed by atoms with E-state index in [2.05, 4.69) is 26.3 Å². The van der Waals surface area contributed by atoms with Gasteiger partial charge in [0, 0.05) is 0 Å². The number of anilines is 1. The van der Waals surface area contributed by atoms with Gasteiger partial charge in [0.05, 0.1) is 24.5 Å². The van der Waals surface area contributed by atoms with Gasteiger partial charge in [-0.15, -0.1) is 0 Å². The van der Waals surface area contributed by atoms with E-state index in [0.29, 0.717) is 0 Å². The second-order valence-electron chi connectivity index (χ2n) is 6.15. The lowest BCUT2D eigenvalue weighted by atomic mass is 10.2. The highest BCUT2D eigenvalue weighted by molar-refractivity contribution is 5.97. The third-order valence-corrected chi connectivity index (χ3v) is 3.83. The summed E-state index contributed by atoms with van der Waals surface area (Å²) in [5.74, 6) is -4.40. The molecule has 1 fully saturated rings. The van der Waals surface area contributed by atoms with Gasteiger partial charge in [0.1, 0.15) is 24.1 Å². The number of amides is 4. The summed E-state index contributed by atoms with van der Waals surface area (Å²) in [7, 11) is 0. The molecule has 1 aromatic heterocycles. The van der Waals surface area contributed by atoms with Crippen molar-refractivity contribution < 1.29 is 34.2 Å². The average Bonchev–Trinajstić information content (AvgIpc) is 2.64. The Labute approximate surface area is 168 Å². The van der Waals surface area contributed by atoms with E-state index in [0.717, 1.165) is 6.20 Å². The van der Waals surface area contributed by atoms with Crippen molar-refractivity contribution in [2.75, 3.05) is 5.32 Å². The minimum Gasteiger partial charge on any atom is -0.481 e. The van der Waals surface area contributed by atoms with E-state index in [-0.39, 0.29) is 11.4 Å². The number of hydrogen-bond acceptors (Lipinski definition) is 9. The quantitative estimate of drug-likeness (QED) is 0.207. The first-order chi connectivity index (χ1) is 14.1. The first-order valence-corrected chi connectivity index (χ1v) is 8.43. The lowest BCUT2D eigenvalue weighted by Gasteiger charge is -2.33. The van der Waals surface area contributed by atoms with Crippen molar-refractivity contribution in [3.8, 4) is 0 Å². The van der Waals surface area contributed by atoms with Gasteiger partial charge in [-0.25, -0.2) is 14.6 Å².